The number of hydrogen-bond donors (Lipinski definition) is 2. The largest absolute Gasteiger partial charge is 0.481 e. The number of carbonyl (C=O) groups is 2. The summed E-state index contributed by atoms with van der Waals surface area (Å²) < 4.78 is 5.89. The molecule has 0 bridgehead atoms. The minimum absolute atomic E-state index is 0.0456. The molecule has 1 saturated heterocycles. The van der Waals surface area contributed by atoms with Gasteiger partial charge in [-0.1, -0.05) is 24.0 Å². The van der Waals surface area contributed by atoms with Gasteiger partial charge in [-0.15, -0.1) is 0 Å². The van der Waals surface area contributed by atoms with E-state index in [0.717, 1.165) is 0 Å². The molecule has 2 N–H and O–H groups in total. The number of nitrogens with zero attached hydrogens (tertiary/aromatic N) is 2. The Morgan fingerprint density at radius 1 is 1.48 bits per heavy atom. The molecular formula is C12H14N2O5S2. The molecule has 1 aromatic rings. The Morgan fingerprint density at radius 2 is 2.24 bits per heavy atom. The molecule has 7 nitrogen and oxygen atoms in total. The molecule has 9 heteroatoms. The predicted octanol–water partition coefficient (Wildman–Crippen LogP) is 1.65. The van der Waals surface area contributed by atoms with E-state index in [1.54, 1.807) is 21.9 Å². The van der Waals surface area contributed by atoms with Crippen molar-refractivity contribution in [3.8, 4) is 0 Å². The van der Waals surface area contributed by atoms with E-state index in [9.17, 15) is 14.7 Å². The maximum atomic E-state index is 11.4. The quantitative estimate of drug-likeness (QED) is 0.755. The fraction of sp³-hybridized carbons (Fsp3) is 0.417. The van der Waals surface area contributed by atoms with Crippen LogP contribution < -0.4 is 4.90 Å². The van der Waals surface area contributed by atoms with Gasteiger partial charge in [0, 0.05) is 12.5 Å². The Kier molecular flexibility index (Phi) is 5.21. The summed E-state index contributed by atoms with van der Waals surface area (Å²) in [6, 6.07) is 2.60. The standard InChI is InChI=1S/C12H14N2O5S2/c15-10(16)4-3-8(11(17)18)13-6-14(12(20)21-7-13)9-2-1-5-19-9/h1-2,5,8H,3-4,6-7H2,(H,15,16)(H,17,18). The third-order valence-corrected chi connectivity index (χ3v) is 4.53. The Bertz CT molecular complexity index is 534. The summed E-state index contributed by atoms with van der Waals surface area (Å²) in [5.74, 6) is -1.10. The Morgan fingerprint density at radius 3 is 2.81 bits per heavy atom. The maximum absolute atomic E-state index is 11.4. The first-order valence-electron chi connectivity index (χ1n) is 6.15. The lowest BCUT2D eigenvalue weighted by Gasteiger charge is -2.37. The second-order valence-corrected chi connectivity index (χ2v) is 6.01. The molecule has 0 amide bonds. The Hall–Kier alpha value is -1.58. The van der Waals surface area contributed by atoms with E-state index in [0.29, 0.717) is 16.1 Å². The monoisotopic (exact) mass is 330 g/mol. The van der Waals surface area contributed by atoms with Crippen LogP contribution in [0.1, 0.15) is 12.8 Å². The van der Waals surface area contributed by atoms with Crippen molar-refractivity contribution in [2.75, 3.05) is 17.4 Å². The van der Waals surface area contributed by atoms with E-state index in [-0.39, 0.29) is 19.5 Å². The van der Waals surface area contributed by atoms with Gasteiger partial charge in [0.05, 0.1) is 18.8 Å². The van der Waals surface area contributed by atoms with Crippen molar-refractivity contribution in [3.05, 3.63) is 18.4 Å². The third-order valence-electron chi connectivity index (χ3n) is 3.03. The molecule has 114 valence electrons. The highest BCUT2D eigenvalue weighted by Gasteiger charge is 2.33. The van der Waals surface area contributed by atoms with E-state index < -0.39 is 18.0 Å². The number of rotatable bonds is 6. The summed E-state index contributed by atoms with van der Waals surface area (Å²) in [7, 11) is 0. The highest BCUT2D eigenvalue weighted by Crippen LogP contribution is 2.27. The SMILES string of the molecule is O=C(O)CCC(C(=O)O)N1CSC(=S)N(c2ccco2)C1. The van der Waals surface area contributed by atoms with Gasteiger partial charge in [0.2, 0.25) is 5.88 Å². The van der Waals surface area contributed by atoms with Crippen molar-refractivity contribution >= 4 is 46.1 Å². The molecule has 1 aliphatic rings. The second-order valence-electron chi connectivity index (χ2n) is 4.44. The van der Waals surface area contributed by atoms with Gasteiger partial charge in [-0.2, -0.15) is 0 Å². The average Bonchev–Trinajstić information content (AvgIpc) is 2.93. The Labute approximate surface area is 130 Å². The van der Waals surface area contributed by atoms with E-state index in [4.69, 9.17) is 21.7 Å². The third kappa shape index (κ3) is 3.96. The number of carboxylic acids is 2. The summed E-state index contributed by atoms with van der Waals surface area (Å²) in [6.07, 6.45) is 1.37. The van der Waals surface area contributed by atoms with E-state index in [2.05, 4.69) is 0 Å². The zero-order valence-electron chi connectivity index (χ0n) is 11.0. The molecule has 1 atom stereocenters. The second kappa shape index (κ2) is 6.92. The van der Waals surface area contributed by atoms with Crippen LogP contribution in [0.4, 0.5) is 5.88 Å². The molecule has 1 unspecified atom stereocenters. The molecule has 1 fully saturated rings. The normalized spacial score (nSPS) is 17.7. The van der Waals surface area contributed by atoms with Crippen molar-refractivity contribution < 1.29 is 24.2 Å². The van der Waals surface area contributed by atoms with Crippen LogP contribution in [0, 0.1) is 0 Å². The molecule has 0 spiro atoms. The molecule has 21 heavy (non-hydrogen) atoms. The number of furan rings is 1. The fourth-order valence-corrected chi connectivity index (χ4v) is 3.14. The smallest absolute Gasteiger partial charge is 0.321 e. The maximum Gasteiger partial charge on any atom is 0.321 e. The van der Waals surface area contributed by atoms with Crippen LogP contribution in [0.25, 0.3) is 0 Å². The fourth-order valence-electron chi connectivity index (χ4n) is 1.99. The van der Waals surface area contributed by atoms with Crippen LogP contribution >= 0.6 is 24.0 Å². The number of carboxylic acid groups (broad SMARTS) is 2. The average molecular weight is 330 g/mol. The van der Waals surface area contributed by atoms with Crippen LogP contribution in [0.15, 0.2) is 22.8 Å². The zero-order valence-corrected chi connectivity index (χ0v) is 12.6. The van der Waals surface area contributed by atoms with Gasteiger partial charge in [0.15, 0.2) is 0 Å². The molecular weight excluding hydrogens is 316 g/mol. The van der Waals surface area contributed by atoms with Gasteiger partial charge in [-0.3, -0.25) is 19.4 Å². The summed E-state index contributed by atoms with van der Waals surface area (Å²) >= 11 is 6.57. The first-order chi connectivity index (χ1) is 9.99. The highest BCUT2D eigenvalue weighted by atomic mass is 32.2. The van der Waals surface area contributed by atoms with E-state index in [1.807, 2.05) is 0 Å². The minimum atomic E-state index is -1.04. The van der Waals surface area contributed by atoms with Gasteiger partial charge in [0.1, 0.15) is 10.4 Å². The lowest BCUT2D eigenvalue weighted by Crippen LogP contribution is -2.51. The minimum Gasteiger partial charge on any atom is -0.481 e. The lowest BCUT2D eigenvalue weighted by atomic mass is 10.1. The van der Waals surface area contributed by atoms with Crippen molar-refractivity contribution in [3.63, 3.8) is 0 Å². The summed E-state index contributed by atoms with van der Waals surface area (Å²) in [4.78, 5) is 25.4. The summed E-state index contributed by atoms with van der Waals surface area (Å²) in [6.45, 7) is 0.260. The van der Waals surface area contributed by atoms with Crippen molar-refractivity contribution in [2.45, 2.75) is 18.9 Å². The Balaban J connectivity index is 2.09. The predicted molar refractivity (Wildman–Crippen MR) is 81.2 cm³/mol. The number of hydrogen-bond acceptors (Lipinski definition) is 6. The van der Waals surface area contributed by atoms with Crippen LogP contribution in [0.3, 0.4) is 0 Å². The molecule has 2 rings (SSSR count). The van der Waals surface area contributed by atoms with Gasteiger partial charge in [-0.25, -0.2) is 0 Å². The van der Waals surface area contributed by atoms with Crippen LogP contribution in [0.5, 0.6) is 0 Å². The van der Waals surface area contributed by atoms with E-state index in [1.165, 1.54) is 18.0 Å². The van der Waals surface area contributed by atoms with Gasteiger partial charge in [0.25, 0.3) is 0 Å². The number of anilines is 1. The highest BCUT2D eigenvalue weighted by molar-refractivity contribution is 8.23. The summed E-state index contributed by atoms with van der Waals surface area (Å²) in [5, 5.41) is 18.0. The zero-order chi connectivity index (χ0) is 15.4. The molecule has 0 aliphatic carbocycles. The first kappa shape index (κ1) is 15.8. The molecule has 0 aromatic carbocycles. The van der Waals surface area contributed by atoms with Gasteiger partial charge < -0.3 is 14.6 Å². The van der Waals surface area contributed by atoms with Crippen molar-refractivity contribution in [1.82, 2.24) is 4.90 Å². The number of thiocarbonyl (C=S) groups is 1. The van der Waals surface area contributed by atoms with E-state index >= 15 is 0 Å². The molecule has 2 heterocycles. The number of thioether (sulfide) groups is 1. The lowest BCUT2D eigenvalue weighted by molar-refractivity contribution is -0.144. The van der Waals surface area contributed by atoms with Gasteiger partial charge in [-0.05, 0) is 12.5 Å². The topological polar surface area (TPSA) is 94.2 Å². The summed E-state index contributed by atoms with van der Waals surface area (Å²) in [5.41, 5.74) is 0. The van der Waals surface area contributed by atoms with Crippen LogP contribution in [-0.4, -0.2) is 50.0 Å². The molecule has 0 radical (unpaired) electrons. The van der Waals surface area contributed by atoms with Gasteiger partial charge >= 0.3 is 11.9 Å². The molecule has 0 saturated carbocycles. The first-order valence-corrected chi connectivity index (χ1v) is 7.55. The van der Waals surface area contributed by atoms with Crippen LogP contribution in [-0.2, 0) is 9.59 Å². The molecule has 1 aliphatic heterocycles. The van der Waals surface area contributed by atoms with Crippen molar-refractivity contribution in [2.24, 2.45) is 0 Å². The van der Waals surface area contributed by atoms with Crippen LogP contribution in [0.2, 0.25) is 0 Å². The molecule has 1 aromatic heterocycles. The van der Waals surface area contributed by atoms with Crippen molar-refractivity contribution in [1.29, 1.82) is 0 Å². The number of aliphatic carboxylic acids is 2.